The quantitative estimate of drug-likeness (QED) is 0.244. The molecule has 0 fully saturated rings. The number of benzene rings is 2. The van der Waals surface area contributed by atoms with Crippen molar-refractivity contribution in [2.24, 2.45) is 0 Å². The van der Waals surface area contributed by atoms with Crippen LogP contribution in [0.3, 0.4) is 0 Å². The second-order valence-electron chi connectivity index (χ2n) is 9.76. The fourth-order valence-electron chi connectivity index (χ4n) is 5.17. The number of aryl methyl sites for hydroxylation is 4. The number of rotatable bonds is 11. The van der Waals surface area contributed by atoms with E-state index in [9.17, 15) is 4.79 Å². The van der Waals surface area contributed by atoms with Gasteiger partial charge in [0.15, 0.2) is 5.82 Å². The number of tetrazole rings is 1. The normalized spacial score (nSPS) is 11.3. The largest absolute Gasteiger partial charge is 0.332 e. The molecule has 0 spiro atoms. The Balaban J connectivity index is 1.42. The van der Waals surface area contributed by atoms with Crippen LogP contribution in [0.4, 0.5) is 0 Å². The van der Waals surface area contributed by atoms with Crippen molar-refractivity contribution in [3.63, 3.8) is 0 Å². The molecule has 3 heterocycles. The minimum atomic E-state index is 0.0378. The van der Waals surface area contributed by atoms with E-state index in [1.54, 1.807) is 0 Å². The predicted molar refractivity (Wildman–Crippen MR) is 154 cm³/mol. The summed E-state index contributed by atoms with van der Waals surface area (Å²) in [5.41, 5.74) is 8.38. The van der Waals surface area contributed by atoms with Crippen molar-refractivity contribution < 1.29 is 0 Å². The molecule has 0 atom stereocenters. The minimum absolute atomic E-state index is 0.0378. The lowest BCUT2D eigenvalue weighted by atomic mass is 10.0. The molecule has 0 aliphatic heterocycles. The van der Waals surface area contributed by atoms with Crippen LogP contribution in [0.2, 0.25) is 0 Å². The molecule has 5 rings (SSSR count). The highest BCUT2D eigenvalue weighted by molar-refractivity contribution is 5.78. The number of H-pyrrole nitrogens is 1. The van der Waals surface area contributed by atoms with E-state index in [2.05, 4.69) is 71.9 Å². The van der Waals surface area contributed by atoms with Crippen LogP contribution in [0.15, 0.2) is 71.8 Å². The number of unbranched alkanes of at least 4 members (excludes halogenated alkanes) is 1. The van der Waals surface area contributed by atoms with E-state index in [0.29, 0.717) is 12.4 Å². The van der Waals surface area contributed by atoms with Gasteiger partial charge in [0.1, 0.15) is 0 Å². The van der Waals surface area contributed by atoms with Crippen LogP contribution in [0.5, 0.6) is 0 Å². The molecule has 0 saturated carbocycles. The first-order valence-electron chi connectivity index (χ1n) is 13.8. The summed E-state index contributed by atoms with van der Waals surface area (Å²) in [6, 6.07) is 18.4. The number of aromatic nitrogens is 7. The van der Waals surface area contributed by atoms with Gasteiger partial charge in [-0.05, 0) is 65.3 Å². The van der Waals surface area contributed by atoms with Crippen molar-refractivity contribution in [1.29, 1.82) is 0 Å². The molecule has 5 aromatic rings. The molecule has 0 radical (unpaired) electrons. The standard InChI is InChI=1S/C31H35N7O/c1-4-7-13-25-21-38(29-23(5-2)11-10-12-24(29)6-3)31(39)37(25)19-18-22-16-17-28(32-20-22)26-14-8-9-15-27(26)30-33-35-36-34-30/h8-12,14-17,20-21H,4-7,13,18-19H2,1-3H3,(H,33,34,35,36). The summed E-state index contributed by atoms with van der Waals surface area (Å²) in [5, 5.41) is 14.3. The van der Waals surface area contributed by atoms with E-state index >= 15 is 0 Å². The minimum Gasteiger partial charge on any atom is -0.296 e. The number of nitrogens with one attached hydrogen (secondary N) is 1. The highest BCUT2D eigenvalue weighted by Gasteiger charge is 2.17. The third-order valence-electron chi connectivity index (χ3n) is 7.31. The van der Waals surface area contributed by atoms with E-state index in [4.69, 9.17) is 4.98 Å². The van der Waals surface area contributed by atoms with Crippen molar-refractivity contribution in [2.75, 3.05) is 0 Å². The fraction of sp³-hybridized carbons (Fsp3) is 0.323. The molecule has 3 aromatic heterocycles. The number of hydrogen-bond acceptors (Lipinski definition) is 5. The van der Waals surface area contributed by atoms with Gasteiger partial charge < -0.3 is 0 Å². The number of hydrogen-bond donors (Lipinski definition) is 1. The molecule has 1 N–H and O–H groups in total. The van der Waals surface area contributed by atoms with Crippen LogP contribution in [0, 0.1) is 0 Å². The lowest BCUT2D eigenvalue weighted by molar-refractivity contribution is 0.618. The Morgan fingerprint density at radius 1 is 0.872 bits per heavy atom. The van der Waals surface area contributed by atoms with Gasteiger partial charge >= 0.3 is 5.69 Å². The smallest absolute Gasteiger partial charge is 0.296 e. The lowest BCUT2D eigenvalue weighted by Gasteiger charge is -2.13. The SMILES string of the molecule is CCCCc1cn(-c2c(CC)cccc2CC)c(=O)n1CCc1ccc(-c2ccccc2-c2nnn[nH]2)nc1. The Morgan fingerprint density at radius 2 is 1.64 bits per heavy atom. The maximum absolute atomic E-state index is 13.8. The summed E-state index contributed by atoms with van der Waals surface area (Å²) in [6.45, 7) is 7.10. The molecule has 0 amide bonds. The average Bonchev–Trinajstić information content (AvgIpc) is 3.63. The van der Waals surface area contributed by atoms with Crippen molar-refractivity contribution in [2.45, 2.75) is 65.8 Å². The number of para-hydroxylation sites is 1. The molecule has 0 unspecified atom stereocenters. The van der Waals surface area contributed by atoms with Crippen LogP contribution < -0.4 is 5.69 Å². The van der Waals surface area contributed by atoms with Gasteiger partial charge in [-0.15, -0.1) is 5.10 Å². The van der Waals surface area contributed by atoms with Gasteiger partial charge in [-0.25, -0.2) is 9.89 Å². The van der Waals surface area contributed by atoms with Crippen molar-refractivity contribution in [1.82, 2.24) is 34.7 Å². The Labute approximate surface area is 228 Å². The van der Waals surface area contributed by atoms with Gasteiger partial charge in [-0.3, -0.25) is 14.1 Å². The second kappa shape index (κ2) is 12.0. The van der Waals surface area contributed by atoms with Crippen LogP contribution in [-0.2, 0) is 32.2 Å². The molecule has 39 heavy (non-hydrogen) atoms. The fourth-order valence-corrected chi connectivity index (χ4v) is 5.17. The summed E-state index contributed by atoms with van der Waals surface area (Å²) in [5.74, 6) is 0.607. The third kappa shape index (κ3) is 5.46. The summed E-state index contributed by atoms with van der Waals surface area (Å²) in [6.07, 6.45) is 9.50. The van der Waals surface area contributed by atoms with Gasteiger partial charge in [0.25, 0.3) is 0 Å². The van der Waals surface area contributed by atoms with Crippen molar-refractivity contribution in [3.05, 3.63) is 99.9 Å². The molecule has 8 nitrogen and oxygen atoms in total. The molecule has 8 heteroatoms. The van der Waals surface area contributed by atoms with Gasteiger partial charge in [0.05, 0.1) is 11.4 Å². The lowest BCUT2D eigenvalue weighted by Crippen LogP contribution is -2.26. The molecular weight excluding hydrogens is 486 g/mol. The molecule has 0 saturated heterocycles. The highest BCUT2D eigenvalue weighted by Crippen LogP contribution is 2.28. The molecule has 200 valence electrons. The molecule has 2 aromatic carbocycles. The van der Waals surface area contributed by atoms with E-state index in [1.807, 2.05) is 45.7 Å². The zero-order valence-electron chi connectivity index (χ0n) is 22.9. The second-order valence-corrected chi connectivity index (χ2v) is 9.76. The monoisotopic (exact) mass is 521 g/mol. The molecule has 0 aliphatic rings. The van der Waals surface area contributed by atoms with Crippen LogP contribution >= 0.6 is 0 Å². The van der Waals surface area contributed by atoms with Crippen LogP contribution in [-0.4, -0.2) is 34.7 Å². The van der Waals surface area contributed by atoms with Gasteiger partial charge in [0, 0.05) is 35.8 Å². The Kier molecular flexibility index (Phi) is 8.10. The van der Waals surface area contributed by atoms with Gasteiger partial charge in [0.2, 0.25) is 0 Å². The van der Waals surface area contributed by atoms with Crippen LogP contribution in [0.1, 0.15) is 56.0 Å². The number of pyridine rings is 1. The predicted octanol–water partition coefficient (Wildman–Crippen LogP) is 5.59. The highest BCUT2D eigenvalue weighted by atomic mass is 16.1. The van der Waals surface area contributed by atoms with Gasteiger partial charge in [-0.2, -0.15) is 0 Å². The summed E-state index contributed by atoms with van der Waals surface area (Å²) in [4.78, 5) is 18.5. The van der Waals surface area contributed by atoms with E-state index in [0.717, 1.165) is 72.3 Å². The topological polar surface area (TPSA) is 94.3 Å². The van der Waals surface area contributed by atoms with Crippen LogP contribution in [0.25, 0.3) is 28.3 Å². The Morgan fingerprint density at radius 3 is 2.28 bits per heavy atom. The molecular formula is C31H35N7O. The third-order valence-corrected chi connectivity index (χ3v) is 7.31. The first-order chi connectivity index (χ1) is 19.1. The molecule has 0 aliphatic carbocycles. The van der Waals surface area contributed by atoms with Crippen molar-refractivity contribution in [3.8, 4) is 28.3 Å². The van der Waals surface area contributed by atoms with Gasteiger partial charge in [-0.1, -0.05) is 75.7 Å². The Bertz CT molecular complexity index is 1560. The first kappa shape index (κ1) is 26.3. The van der Waals surface area contributed by atoms with E-state index in [1.165, 1.54) is 11.1 Å². The zero-order chi connectivity index (χ0) is 27.2. The summed E-state index contributed by atoms with van der Waals surface area (Å²) < 4.78 is 3.85. The first-order valence-corrected chi connectivity index (χ1v) is 13.8. The summed E-state index contributed by atoms with van der Waals surface area (Å²) >= 11 is 0. The summed E-state index contributed by atoms with van der Waals surface area (Å²) in [7, 11) is 0. The number of nitrogens with zero attached hydrogens (tertiary/aromatic N) is 6. The number of imidazole rings is 1. The maximum atomic E-state index is 13.8. The maximum Gasteiger partial charge on any atom is 0.332 e. The van der Waals surface area contributed by atoms with E-state index in [-0.39, 0.29) is 5.69 Å². The molecule has 0 bridgehead atoms. The average molecular weight is 522 g/mol. The van der Waals surface area contributed by atoms with Crippen molar-refractivity contribution >= 4 is 0 Å². The Hall–Kier alpha value is -4.33. The van der Waals surface area contributed by atoms with E-state index < -0.39 is 0 Å². The zero-order valence-corrected chi connectivity index (χ0v) is 22.9. The number of aromatic amines is 1.